The van der Waals surface area contributed by atoms with Crippen LogP contribution in [0.4, 0.5) is 15.8 Å². The second kappa shape index (κ2) is 5.89. The van der Waals surface area contributed by atoms with Gasteiger partial charge in [0.15, 0.2) is 0 Å². The van der Waals surface area contributed by atoms with Crippen LogP contribution in [0.25, 0.3) is 0 Å². The second-order valence-electron chi connectivity index (χ2n) is 8.25. The molecule has 2 aromatic carbocycles. The highest BCUT2D eigenvalue weighted by atomic mass is 35.5. The third-order valence-electron chi connectivity index (χ3n) is 7.07. The van der Waals surface area contributed by atoms with Gasteiger partial charge in [0.25, 0.3) is 5.91 Å². The Bertz CT molecular complexity index is 1150. The number of benzene rings is 2. The number of imide groups is 1. The summed E-state index contributed by atoms with van der Waals surface area (Å²) in [5.74, 6) is -3.58. The quantitative estimate of drug-likeness (QED) is 0.713. The summed E-state index contributed by atoms with van der Waals surface area (Å²) in [6, 6.07) is 10.7. The Morgan fingerprint density at radius 1 is 1.07 bits per heavy atom. The van der Waals surface area contributed by atoms with Crippen LogP contribution in [-0.4, -0.2) is 35.2 Å². The van der Waals surface area contributed by atoms with Crippen LogP contribution in [-0.2, 0) is 19.9 Å². The Morgan fingerprint density at radius 2 is 1.87 bits per heavy atom. The Morgan fingerprint density at radius 3 is 2.67 bits per heavy atom. The largest absolute Gasteiger partial charge is 0.323 e. The van der Waals surface area contributed by atoms with Gasteiger partial charge in [-0.25, -0.2) is 9.29 Å². The summed E-state index contributed by atoms with van der Waals surface area (Å²) in [6.45, 7) is 0.608. The number of para-hydroxylation sites is 2. The summed E-state index contributed by atoms with van der Waals surface area (Å²) in [5.41, 5.74) is -0.263. The molecule has 3 amide bonds. The summed E-state index contributed by atoms with van der Waals surface area (Å²) in [6.07, 6.45) is 1.52. The van der Waals surface area contributed by atoms with Crippen molar-refractivity contribution in [1.29, 1.82) is 0 Å². The average molecular weight is 426 g/mol. The van der Waals surface area contributed by atoms with E-state index in [1.165, 1.54) is 18.2 Å². The van der Waals surface area contributed by atoms with E-state index in [0.717, 1.165) is 11.3 Å². The molecule has 0 radical (unpaired) electrons. The Balaban J connectivity index is 1.59. The molecule has 0 aromatic heterocycles. The van der Waals surface area contributed by atoms with E-state index in [4.69, 9.17) is 11.6 Å². The van der Waals surface area contributed by atoms with Crippen LogP contribution in [0.1, 0.15) is 18.4 Å². The van der Waals surface area contributed by atoms with Gasteiger partial charge in [-0.1, -0.05) is 35.9 Å². The van der Waals surface area contributed by atoms with Gasteiger partial charge in [-0.15, -0.1) is 0 Å². The summed E-state index contributed by atoms with van der Waals surface area (Å²) in [7, 11) is 0. The molecular formula is C22H17ClFN3O3. The molecular weight excluding hydrogens is 409 g/mol. The maximum atomic E-state index is 14.5. The Kier molecular flexibility index (Phi) is 3.54. The topological polar surface area (TPSA) is 69.7 Å². The molecule has 4 atom stereocenters. The van der Waals surface area contributed by atoms with Crippen LogP contribution < -0.4 is 10.2 Å². The molecule has 4 aliphatic heterocycles. The first kappa shape index (κ1) is 18.0. The van der Waals surface area contributed by atoms with Crippen LogP contribution in [0.2, 0.25) is 5.02 Å². The van der Waals surface area contributed by atoms with Gasteiger partial charge in [-0.2, -0.15) is 0 Å². The van der Waals surface area contributed by atoms with Crippen LogP contribution in [0.3, 0.4) is 0 Å². The molecule has 3 saturated heterocycles. The molecule has 0 unspecified atom stereocenters. The number of amides is 3. The number of halogens is 2. The molecule has 30 heavy (non-hydrogen) atoms. The molecule has 1 N–H and O–H groups in total. The molecule has 0 saturated carbocycles. The van der Waals surface area contributed by atoms with Crippen LogP contribution in [0.5, 0.6) is 0 Å². The summed E-state index contributed by atoms with van der Waals surface area (Å²) >= 11 is 6.35. The lowest BCUT2D eigenvalue weighted by Gasteiger charge is -2.36. The van der Waals surface area contributed by atoms with E-state index < -0.39 is 35.0 Å². The van der Waals surface area contributed by atoms with E-state index in [-0.39, 0.29) is 17.6 Å². The monoisotopic (exact) mass is 425 g/mol. The van der Waals surface area contributed by atoms with Crippen LogP contribution >= 0.6 is 11.6 Å². The van der Waals surface area contributed by atoms with E-state index in [0.29, 0.717) is 29.2 Å². The van der Waals surface area contributed by atoms with Gasteiger partial charge in [0.05, 0.1) is 28.2 Å². The minimum atomic E-state index is -1.31. The zero-order valence-electron chi connectivity index (χ0n) is 15.8. The first-order chi connectivity index (χ1) is 14.5. The SMILES string of the molecule is O=C1[C@@H]2[C@@H]3CCCN3[C@]3(C(=O)Nc4c(Cl)cccc43)[C@H]2C(=O)N1c1ccccc1F. The van der Waals surface area contributed by atoms with E-state index in [9.17, 15) is 18.8 Å². The maximum absolute atomic E-state index is 14.5. The highest BCUT2D eigenvalue weighted by Crippen LogP contribution is 2.61. The van der Waals surface area contributed by atoms with Gasteiger partial charge in [0, 0.05) is 11.6 Å². The zero-order valence-corrected chi connectivity index (χ0v) is 16.5. The van der Waals surface area contributed by atoms with E-state index in [1.54, 1.807) is 24.3 Å². The molecule has 1 spiro atoms. The lowest BCUT2D eigenvalue weighted by Crippen LogP contribution is -2.54. The zero-order chi connectivity index (χ0) is 20.8. The van der Waals surface area contributed by atoms with Crippen molar-refractivity contribution in [3.8, 4) is 0 Å². The van der Waals surface area contributed by atoms with Crippen molar-refractivity contribution in [3.05, 3.63) is 58.9 Å². The number of nitrogens with zero attached hydrogens (tertiary/aromatic N) is 2. The van der Waals surface area contributed by atoms with Crippen molar-refractivity contribution in [2.24, 2.45) is 11.8 Å². The summed E-state index contributed by atoms with van der Waals surface area (Å²) in [5, 5.41) is 3.24. The minimum Gasteiger partial charge on any atom is -0.323 e. The summed E-state index contributed by atoms with van der Waals surface area (Å²) in [4.78, 5) is 43.6. The lowest BCUT2D eigenvalue weighted by atomic mass is 9.75. The predicted molar refractivity (Wildman–Crippen MR) is 107 cm³/mol. The predicted octanol–water partition coefficient (Wildman–Crippen LogP) is 2.91. The molecule has 3 fully saturated rings. The molecule has 0 aliphatic carbocycles. The fourth-order valence-electron chi connectivity index (χ4n) is 6.06. The number of hydrogen-bond acceptors (Lipinski definition) is 4. The number of fused-ring (bicyclic) bond motifs is 7. The molecule has 2 aromatic rings. The average Bonchev–Trinajstić information content (AvgIpc) is 3.42. The van der Waals surface area contributed by atoms with Crippen molar-refractivity contribution in [1.82, 2.24) is 4.90 Å². The van der Waals surface area contributed by atoms with Gasteiger partial charge in [-0.3, -0.25) is 19.3 Å². The fraction of sp³-hybridized carbons (Fsp3) is 0.318. The van der Waals surface area contributed by atoms with Crippen molar-refractivity contribution < 1.29 is 18.8 Å². The van der Waals surface area contributed by atoms with Gasteiger partial charge in [-0.05, 0) is 37.6 Å². The van der Waals surface area contributed by atoms with Gasteiger partial charge in [0.2, 0.25) is 11.8 Å². The molecule has 6 rings (SSSR count). The number of carbonyl (C=O) groups excluding carboxylic acids is 3. The van der Waals surface area contributed by atoms with Crippen molar-refractivity contribution in [2.75, 3.05) is 16.8 Å². The van der Waals surface area contributed by atoms with Gasteiger partial charge in [0.1, 0.15) is 11.4 Å². The minimum absolute atomic E-state index is 0.0636. The maximum Gasteiger partial charge on any atom is 0.250 e. The third kappa shape index (κ3) is 1.90. The fourth-order valence-corrected chi connectivity index (χ4v) is 6.29. The molecule has 0 bridgehead atoms. The van der Waals surface area contributed by atoms with Gasteiger partial charge < -0.3 is 5.32 Å². The van der Waals surface area contributed by atoms with Crippen LogP contribution in [0.15, 0.2) is 42.5 Å². The van der Waals surface area contributed by atoms with Crippen molar-refractivity contribution >= 4 is 40.7 Å². The summed E-state index contributed by atoms with van der Waals surface area (Å²) < 4.78 is 14.5. The van der Waals surface area contributed by atoms with Crippen LogP contribution in [0, 0.1) is 17.7 Å². The third-order valence-corrected chi connectivity index (χ3v) is 7.39. The molecule has 8 heteroatoms. The molecule has 4 heterocycles. The smallest absolute Gasteiger partial charge is 0.250 e. The first-order valence-electron chi connectivity index (χ1n) is 9.97. The molecule has 4 aliphatic rings. The number of rotatable bonds is 1. The number of carbonyl (C=O) groups is 3. The normalized spacial score (nSPS) is 32.0. The Labute approximate surface area is 176 Å². The number of nitrogens with one attached hydrogen (secondary N) is 1. The van der Waals surface area contributed by atoms with E-state index >= 15 is 0 Å². The first-order valence-corrected chi connectivity index (χ1v) is 10.3. The lowest BCUT2D eigenvalue weighted by molar-refractivity contribution is -0.135. The highest BCUT2D eigenvalue weighted by molar-refractivity contribution is 6.35. The van der Waals surface area contributed by atoms with Crippen molar-refractivity contribution in [3.63, 3.8) is 0 Å². The molecule has 6 nitrogen and oxygen atoms in total. The Hall–Kier alpha value is -2.77. The van der Waals surface area contributed by atoms with E-state index in [2.05, 4.69) is 5.32 Å². The highest BCUT2D eigenvalue weighted by Gasteiger charge is 2.74. The standard InChI is InChI=1S/C22H17ClFN3O3/c23-12-6-3-5-11-18(12)25-21(30)22(11)17-16(15-9-4-10-26(15)22)19(28)27(20(17)29)14-8-2-1-7-13(14)24/h1-3,5-8,15-17H,4,9-10H2,(H,25,30)/t15-,16+,17+,22-/m0/s1. The number of hydrogen-bond donors (Lipinski definition) is 1. The van der Waals surface area contributed by atoms with Crippen molar-refractivity contribution in [2.45, 2.75) is 24.4 Å². The van der Waals surface area contributed by atoms with Gasteiger partial charge >= 0.3 is 0 Å². The second-order valence-corrected chi connectivity index (χ2v) is 8.66. The molecule has 152 valence electrons. The van der Waals surface area contributed by atoms with E-state index in [1.807, 2.05) is 4.90 Å². The number of anilines is 2.